The van der Waals surface area contributed by atoms with Crippen molar-refractivity contribution >= 4 is 14.1 Å². The number of rotatable bonds is 3. The van der Waals surface area contributed by atoms with Crippen LogP contribution in [0, 0.1) is 6.42 Å². The Morgan fingerprint density at radius 3 is 2.11 bits per heavy atom. The molecule has 0 saturated carbocycles. The Bertz CT molecular complexity index is 609. The molecule has 0 saturated heterocycles. The van der Waals surface area contributed by atoms with Crippen molar-refractivity contribution in [2.24, 2.45) is 0 Å². The topological polar surface area (TPSA) is 0 Å². The zero-order valence-electron chi connectivity index (χ0n) is 11.6. The van der Waals surface area contributed by atoms with Crippen molar-refractivity contribution in [2.45, 2.75) is 19.1 Å². The quantitative estimate of drug-likeness (QED) is 0.706. The summed E-state index contributed by atoms with van der Waals surface area (Å²) < 4.78 is 0. The number of allylic oxidation sites excluding steroid dienone is 1. The lowest BCUT2D eigenvalue weighted by atomic mass is 10.1. The summed E-state index contributed by atoms with van der Waals surface area (Å²) in [6.07, 6.45) is 4.79. The van der Waals surface area contributed by atoms with Gasteiger partial charge in [-0.15, -0.1) is 0 Å². The molecule has 0 nitrogen and oxygen atoms in total. The van der Waals surface area contributed by atoms with Gasteiger partial charge in [-0.25, -0.2) is 0 Å². The van der Waals surface area contributed by atoms with Gasteiger partial charge in [0.1, 0.15) is 0 Å². The fraction of sp³-hybridized carbons (Fsp3) is 0.167. The van der Waals surface area contributed by atoms with E-state index in [0.29, 0.717) is 0 Å². The molecule has 0 N–H and O–H groups in total. The summed E-state index contributed by atoms with van der Waals surface area (Å²) in [5.41, 5.74) is 4.22. The number of hydrogen-bond donors (Lipinski definition) is 0. The van der Waals surface area contributed by atoms with Gasteiger partial charge in [0.2, 0.25) is 0 Å². The molecule has 0 aliphatic heterocycles. The third-order valence-electron chi connectivity index (χ3n) is 3.89. The highest BCUT2D eigenvalue weighted by atomic mass is 28.3. The minimum atomic E-state index is -1.40. The predicted molar refractivity (Wildman–Crippen MR) is 85.4 cm³/mol. The summed E-state index contributed by atoms with van der Waals surface area (Å²) in [5, 5.41) is 1.57. The molecule has 0 spiro atoms. The van der Waals surface area contributed by atoms with Crippen molar-refractivity contribution in [3.63, 3.8) is 0 Å². The highest BCUT2D eigenvalue weighted by molar-refractivity contribution is 6.85. The van der Waals surface area contributed by atoms with E-state index in [1.807, 2.05) is 0 Å². The van der Waals surface area contributed by atoms with Gasteiger partial charge in [-0.1, -0.05) is 84.5 Å². The average molecular weight is 263 g/mol. The maximum absolute atomic E-state index is 2.47. The van der Waals surface area contributed by atoms with E-state index in [9.17, 15) is 0 Å². The van der Waals surface area contributed by atoms with E-state index in [1.165, 1.54) is 22.7 Å². The lowest BCUT2D eigenvalue weighted by molar-refractivity contribution is 1.31. The Labute approximate surface area is 116 Å². The van der Waals surface area contributed by atoms with E-state index >= 15 is 0 Å². The van der Waals surface area contributed by atoms with Crippen molar-refractivity contribution < 1.29 is 0 Å². The van der Waals surface area contributed by atoms with Gasteiger partial charge in [0.15, 0.2) is 0 Å². The molecule has 0 aromatic heterocycles. The van der Waals surface area contributed by atoms with Crippen LogP contribution in [0.3, 0.4) is 0 Å². The molecule has 1 aliphatic rings. The molecule has 3 rings (SSSR count). The molecule has 19 heavy (non-hydrogen) atoms. The van der Waals surface area contributed by atoms with Crippen LogP contribution in [-0.2, 0) is 6.04 Å². The summed E-state index contributed by atoms with van der Waals surface area (Å²) in [4.78, 5) is 0. The first-order valence-electron chi connectivity index (χ1n) is 6.85. The normalized spacial score (nSPS) is 14.1. The first kappa shape index (κ1) is 12.4. The highest BCUT2D eigenvalue weighted by Crippen LogP contribution is 2.33. The van der Waals surface area contributed by atoms with Gasteiger partial charge in [-0.05, 0) is 17.2 Å². The fourth-order valence-corrected chi connectivity index (χ4v) is 5.30. The molecule has 0 atom stereocenters. The van der Waals surface area contributed by atoms with Crippen molar-refractivity contribution in [1.82, 2.24) is 0 Å². The van der Waals surface area contributed by atoms with Crippen LogP contribution in [0.5, 0.6) is 0 Å². The Hall–Kier alpha value is -1.60. The monoisotopic (exact) mass is 263 g/mol. The van der Waals surface area contributed by atoms with Crippen LogP contribution in [0.15, 0.2) is 59.8 Å². The van der Waals surface area contributed by atoms with E-state index in [1.54, 1.807) is 5.20 Å². The minimum Gasteiger partial charge on any atom is -0.0716 e. The van der Waals surface area contributed by atoms with Crippen LogP contribution in [0.1, 0.15) is 16.7 Å². The molecule has 0 amide bonds. The number of benzene rings is 2. The third-order valence-corrected chi connectivity index (χ3v) is 7.03. The molecule has 0 bridgehead atoms. The first-order chi connectivity index (χ1) is 9.15. The molecule has 0 fully saturated rings. The van der Waals surface area contributed by atoms with Gasteiger partial charge in [-0.3, -0.25) is 0 Å². The van der Waals surface area contributed by atoms with E-state index in [2.05, 4.69) is 80.2 Å². The van der Waals surface area contributed by atoms with E-state index in [-0.39, 0.29) is 0 Å². The molecule has 2 aromatic rings. The molecule has 2 aromatic carbocycles. The van der Waals surface area contributed by atoms with Gasteiger partial charge in [0.25, 0.3) is 0 Å². The van der Waals surface area contributed by atoms with E-state index < -0.39 is 8.07 Å². The zero-order chi connectivity index (χ0) is 13.3. The highest BCUT2D eigenvalue weighted by Gasteiger charge is 2.29. The van der Waals surface area contributed by atoms with Crippen molar-refractivity contribution in [3.8, 4) is 0 Å². The van der Waals surface area contributed by atoms with Gasteiger partial charge in [-0.2, -0.15) is 0 Å². The Kier molecular flexibility index (Phi) is 3.15. The summed E-state index contributed by atoms with van der Waals surface area (Å²) in [7, 11) is -1.40. The van der Waals surface area contributed by atoms with E-state index in [4.69, 9.17) is 0 Å². The Balaban J connectivity index is 1.83. The van der Waals surface area contributed by atoms with Crippen molar-refractivity contribution in [1.29, 1.82) is 0 Å². The summed E-state index contributed by atoms with van der Waals surface area (Å²) in [6, 6.07) is 20.8. The SMILES string of the molecule is C[Si](C)(Cc1ccccc1)C1=Cc2ccccc2[CH]1. The molecule has 1 heteroatoms. The Morgan fingerprint density at radius 2 is 1.42 bits per heavy atom. The molecule has 1 aliphatic carbocycles. The van der Waals surface area contributed by atoms with Crippen LogP contribution in [0.2, 0.25) is 13.1 Å². The maximum atomic E-state index is 2.47. The van der Waals surface area contributed by atoms with Gasteiger partial charge < -0.3 is 0 Å². The predicted octanol–water partition coefficient (Wildman–Crippen LogP) is 4.67. The second-order valence-electron chi connectivity index (χ2n) is 5.92. The second-order valence-corrected chi connectivity index (χ2v) is 10.6. The molecule has 0 heterocycles. The minimum absolute atomic E-state index is 1.21. The summed E-state index contributed by atoms with van der Waals surface area (Å²) in [6.45, 7) is 4.93. The van der Waals surface area contributed by atoms with E-state index in [0.717, 1.165) is 0 Å². The first-order valence-corrected chi connectivity index (χ1v) is 10.1. The molecule has 95 valence electrons. The Morgan fingerprint density at radius 1 is 0.789 bits per heavy atom. The maximum Gasteiger partial charge on any atom is 0.0806 e. The third kappa shape index (κ3) is 2.57. The fourth-order valence-electron chi connectivity index (χ4n) is 2.75. The van der Waals surface area contributed by atoms with Crippen LogP contribution < -0.4 is 0 Å². The summed E-state index contributed by atoms with van der Waals surface area (Å²) in [5.74, 6) is 0. The second kappa shape index (κ2) is 4.82. The van der Waals surface area contributed by atoms with Crippen LogP contribution in [0.25, 0.3) is 6.08 Å². The number of fused-ring (bicyclic) bond motifs is 1. The average Bonchev–Trinajstić information content (AvgIpc) is 2.84. The smallest absolute Gasteiger partial charge is 0.0716 e. The molecule has 1 radical (unpaired) electrons. The lowest BCUT2D eigenvalue weighted by Crippen LogP contribution is -2.32. The van der Waals surface area contributed by atoms with Gasteiger partial charge in [0, 0.05) is 6.42 Å². The molecule has 0 unspecified atom stereocenters. The lowest BCUT2D eigenvalue weighted by Gasteiger charge is -2.24. The largest absolute Gasteiger partial charge is 0.0806 e. The van der Waals surface area contributed by atoms with Crippen molar-refractivity contribution in [2.75, 3.05) is 0 Å². The van der Waals surface area contributed by atoms with Crippen molar-refractivity contribution in [3.05, 3.63) is 82.9 Å². The van der Waals surface area contributed by atoms with Crippen LogP contribution in [0.4, 0.5) is 0 Å². The zero-order valence-corrected chi connectivity index (χ0v) is 12.6. The number of hydrogen-bond acceptors (Lipinski definition) is 0. The molecular formula is C18H19Si. The van der Waals surface area contributed by atoms with Crippen LogP contribution in [-0.4, -0.2) is 8.07 Å². The van der Waals surface area contributed by atoms with Gasteiger partial charge >= 0.3 is 0 Å². The summed E-state index contributed by atoms with van der Waals surface area (Å²) >= 11 is 0. The molecular weight excluding hydrogens is 244 g/mol. The van der Waals surface area contributed by atoms with Crippen LogP contribution >= 0.6 is 0 Å². The van der Waals surface area contributed by atoms with Gasteiger partial charge in [0.05, 0.1) is 8.07 Å². The standard InChI is InChI=1S/C18H19Si/c1-19(2,14-15-8-4-3-5-9-15)18-12-16-10-6-7-11-17(16)13-18/h3-13H,14H2,1-2H3.